The maximum absolute atomic E-state index is 6.22. The number of anilines is 1. The second-order valence-electron chi connectivity index (χ2n) is 4.29. The molecule has 2 aromatic carbocycles. The van der Waals surface area contributed by atoms with Crippen molar-refractivity contribution in [2.75, 3.05) is 5.73 Å². The Labute approximate surface area is 103 Å². The van der Waals surface area contributed by atoms with Crippen LogP contribution in [0.5, 0.6) is 0 Å². The average Bonchev–Trinajstić information content (AvgIpc) is 2.39. The van der Waals surface area contributed by atoms with Gasteiger partial charge in [0, 0.05) is 11.3 Å². The van der Waals surface area contributed by atoms with Gasteiger partial charge in [0.2, 0.25) is 0 Å². The van der Waals surface area contributed by atoms with Crippen molar-refractivity contribution in [2.24, 2.45) is 0 Å². The van der Waals surface area contributed by atoms with Crippen LogP contribution in [-0.2, 0) is 12.8 Å². The van der Waals surface area contributed by atoms with Crippen LogP contribution in [0.15, 0.2) is 42.5 Å². The van der Waals surface area contributed by atoms with Crippen molar-refractivity contribution in [3.63, 3.8) is 0 Å². The summed E-state index contributed by atoms with van der Waals surface area (Å²) in [5, 5.41) is 0. The molecule has 0 aliphatic carbocycles. The normalized spacial score (nSPS) is 10.5. The van der Waals surface area contributed by atoms with Crippen LogP contribution < -0.4 is 5.73 Å². The lowest BCUT2D eigenvalue weighted by atomic mass is 9.97. The Kier molecular flexibility index (Phi) is 3.48. The molecule has 0 saturated carbocycles. The molecule has 88 valence electrons. The maximum atomic E-state index is 6.22. The standard InChI is InChI=1S/C16H19N/c1-3-12-7-5-9-14(11-12)15-10-6-8-13(4-2)16(15)17/h5-11H,3-4,17H2,1-2H3. The lowest BCUT2D eigenvalue weighted by Gasteiger charge is -2.10. The molecular weight excluding hydrogens is 206 g/mol. The van der Waals surface area contributed by atoms with Crippen molar-refractivity contribution < 1.29 is 0 Å². The van der Waals surface area contributed by atoms with Gasteiger partial charge < -0.3 is 5.73 Å². The number of hydrogen-bond donors (Lipinski definition) is 1. The minimum atomic E-state index is 0.920. The zero-order valence-corrected chi connectivity index (χ0v) is 10.5. The first-order valence-electron chi connectivity index (χ1n) is 6.23. The first-order valence-corrected chi connectivity index (χ1v) is 6.23. The summed E-state index contributed by atoms with van der Waals surface area (Å²) in [6.45, 7) is 4.31. The third kappa shape index (κ3) is 2.33. The highest BCUT2D eigenvalue weighted by atomic mass is 14.6. The molecule has 2 aromatic rings. The van der Waals surface area contributed by atoms with E-state index in [1.165, 1.54) is 16.7 Å². The third-order valence-corrected chi connectivity index (χ3v) is 3.22. The van der Waals surface area contributed by atoms with Crippen LogP contribution >= 0.6 is 0 Å². The molecule has 0 amide bonds. The molecular formula is C16H19N. The van der Waals surface area contributed by atoms with E-state index in [1.54, 1.807) is 0 Å². The van der Waals surface area contributed by atoms with E-state index in [2.05, 4.69) is 56.3 Å². The summed E-state index contributed by atoms with van der Waals surface area (Å²) in [4.78, 5) is 0. The van der Waals surface area contributed by atoms with Gasteiger partial charge in [0.1, 0.15) is 0 Å². The Hall–Kier alpha value is -1.76. The number of benzene rings is 2. The summed E-state index contributed by atoms with van der Waals surface area (Å²) < 4.78 is 0. The summed E-state index contributed by atoms with van der Waals surface area (Å²) in [5.74, 6) is 0. The minimum absolute atomic E-state index is 0.920. The van der Waals surface area contributed by atoms with Crippen molar-refractivity contribution >= 4 is 5.69 Å². The van der Waals surface area contributed by atoms with E-state index >= 15 is 0 Å². The van der Waals surface area contributed by atoms with Crippen LogP contribution in [0.4, 0.5) is 5.69 Å². The fraction of sp³-hybridized carbons (Fsp3) is 0.250. The highest BCUT2D eigenvalue weighted by Gasteiger charge is 2.05. The molecule has 0 aromatic heterocycles. The molecule has 1 heteroatoms. The predicted molar refractivity (Wildman–Crippen MR) is 75.0 cm³/mol. The smallest absolute Gasteiger partial charge is 0.0426 e. The van der Waals surface area contributed by atoms with E-state index in [0.29, 0.717) is 0 Å². The first-order chi connectivity index (χ1) is 8.26. The van der Waals surface area contributed by atoms with E-state index in [1.807, 2.05) is 0 Å². The van der Waals surface area contributed by atoms with E-state index in [9.17, 15) is 0 Å². The van der Waals surface area contributed by atoms with Gasteiger partial charge in [0.15, 0.2) is 0 Å². The molecule has 2 N–H and O–H groups in total. The summed E-state index contributed by atoms with van der Waals surface area (Å²) in [7, 11) is 0. The lowest BCUT2D eigenvalue weighted by Crippen LogP contribution is -1.96. The van der Waals surface area contributed by atoms with Crippen molar-refractivity contribution in [2.45, 2.75) is 26.7 Å². The van der Waals surface area contributed by atoms with Gasteiger partial charge in [0.25, 0.3) is 0 Å². The largest absolute Gasteiger partial charge is 0.398 e. The number of nitrogens with two attached hydrogens (primary N) is 1. The molecule has 0 unspecified atom stereocenters. The van der Waals surface area contributed by atoms with Gasteiger partial charge in [-0.25, -0.2) is 0 Å². The number of hydrogen-bond acceptors (Lipinski definition) is 1. The van der Waals surface area contributed by atoms with Gasteiger partial charge in [-0.15, -0.1) is 0 Å². The Balaban J connectivity index is 2.52. The van der Waals surface area contributed by atoms with Crippen LogP contribution in [0.1, 0.15) is 25.0 Å². The first kappa shape index (κ1) is 11.7. The van der Waals surface area contributed by atoms with E-state index in [0.717, 1.165) is 24.1 Å². The molecule has 0 saturated heterocycles. The SMILES string of the molecule is CCc1cccc(-c2cccc(CC)c2N)c1. The van der Waals surface area contributed by atoms with Crippen molar-refractivity contribution in [1.82, 2.24) is 0 Å². The summed E-state index contributed by atoms with van der Waals surface area (Å²) >= 11 is 0. The third-order valence-electron chi connectivity index (χ3n) is 3.22. The number of nitrogen functional groups attached to an aromatic ring is 1. The fourth-order valence-electron chi connectivity index (χ4n) is 2.13. The van der Waals surface area contributed by atoms with Crippen LogP contribution in [-0.4, -0.2) is 0 Å². The molecule has 0 radical (unpaired) electrons. The van der Waals surface area contributed by atoms with Gasteiger partial charge in [-0.05, 0) is 29.5 Å². The fourth-order valence-corrected chi connectivity index (χ4v) is 2.13. The molecule has 0 aliphatic rings. The Morgan fingerprint density at radius 3 is 2.41 bits per heavy atom. The molecule has 2 rings (SSSR count). The molecule has 17 heavy (non-hydrogen) atoms. The van der Waals surface area contributed by atoms with Crippen LogP contribution in [0.3, 0.4) is 0 Å². The van der Waals surface area contributed by atoms with Crippen LogP contribution in [0, 0.1) is 0 Å². The van der Waals surface area contributed by atoms with Gasteiger partial charge in [-0.1, -0.05) is 56.3 Å². The second-order valence-corrected chi connectivity index (χ2v) is 4.29. The zero-order chi connectivity index (χ0) is 12.3. The lowest BCUT2D eigenvalue weighted by molar-refractivity contribution is 1.14. The summed E-state index contributed by atoms with van der Waals surface area (Å²) in [6, 6.07) is 14.9. The van der Waals surface area contributed by atoms with Gasteiger partial charge >= 0.3 is 0 Å². The van der Waals surface area contributed by atoms with Crippen LogP contribution in [0.25, 0.3) is 11.1 Å². The molecule has 1 nitrogen and oxygen atoms in total. The van der Waals surface area contributed by atoms with Gasteiger partial charge in [0.05, 0.1) is 0 Å². The van der Waals surface area contributed by atoms with E-state index < -0.39 is 0 Å². The number of para-hydroxylation sites is 1. The Morgan fingerprint density at radius 2 is 1.71 bits per heavy atom. The second kappa shape index (κ2) is 5.05. The highest BCUT2D eigenvalue weighted by molar-refractivity contribution is 5.78. The average molecular weight is 225 g/mol. The molecule has 0 fully saturated rings. The van der Waals surface area contributed by atoms with E-state index in [4.69, 9.17) is 5.73 Å². The molecule has 0 heterocycles. The molecule has 0 aliphatic heterocycles. The maximum Gasteiger partial charge on any atom is 0.0426 e. The zero-order valence-electron chi connectivity index (χ0n) is 10.5. The topological polar surface area (TPSA) is 26.0 Å². The quantitative estimate of drug-likeness (QED) is 0.783. The van der Waals surface area contributed by atoms with E-state index in [-0.39, 0.29) is 0 Å². The van der Waals surface area contributed by atoms with Crippen LogP contribution in [0.2, 0.25) is 0 Å². The number of aryl methyl sites for hydroxylation is 2. The molecule has 0 spiro atoms. The number of rotatable bonds is 3. The summed E-state index contributed by atoms with van der Waals surface area (Å²) in [5.41, 5.74) is 12.1. The summed E-state index contributed by atoms with van der Waals surface area (Å²) in [6.07, 6.45) is 2.04. The molecule has 0 bridgehead atoms. The Morgan fingerprint density at radius 1 is 0.941 bits per heavy atom. The van der Waals surface area contributed by atoms with Crippen molar-refractivity contribution in [3.8, 4) is 11.1 Å². The predicted octanol–water partition coefficient (Wildman–Crippen LogP) is 4.06. The van der Waals surface area contributed by atoms with Crippen molar-refractivity contribution in [1.29, 1.82) is 0 Å². The van der Waals surface area contributed by atoms with Gasteiger partial charge in [-0.2, -0.15) is 0 Å². The van der Waals surface area contributed by atoms with Crippen molar-refractivity contribution in [3.05, 3.63) is 53.6 Å². The highest BCUT2D eigenvalue weighted by Crippen LogP contribution is 2.29. The monoisotopic (exact) mass is 225 g/mol. The van der Waals surface area contributed by atoms with Gasteiger partial charge in [-0.3, -0.25) is 0 Å². The molecule has 0 atom stereocenters. The minimum Gasteiger partial charge on any atom is -0.398 e. The Bertz CT molecular complexity index is 515.